The van der Waals surface area contributed by atoms with Crippen LogP contribution in [-0.2, 0) is 5.41 Å². The number of carbonyl (C=O) groups is 1. The van der Waals surface area contributed by atoms with Crippen molar-refractivity contribution >= 4 is 5.78 Å². The minimum atomic E-state index is -0.130. The molecule has 1 aliphatic rings. The first kappa shape index (κ1) is 13.9. The summed E-state index contributed by atoms with van der Waals surface area (Å²) in [5.74, 6) is 0.935. The molecule has 0 amide bonds. The van der Waals surface area contributed by atoms with E-state index < -0.39 is 0 Å². The van der Waals surface area contributed by atoms with Gasteiger partial charge in [-0.05, 0) is 23.8 Å². The fourth-order valence-electron chi connectivity index (χ4n) is 2.82. The Balaban J connectivity index is 1.93. The molecule has 0 saturated heterocycles. The molecule has 2 aromatic carbocycles. The number of rotatable bonds is 3. The largest absolute Gasteiger partial charge is 0.492 e. The van der Waals surface area contributed by atoms with Gasteiger partial charge < -0.3 is 4.74 Å². The summed E-state index contributed by atoms with van der Waals surface area (Å²) < 4.78 is 5.68. The number of fused-ring (bicyclic) bond motifs is 1. The molecule has 0 spiro atoms. The van der Waals surface area contributed by atoms with Crippen LogP contribution < -0.4 is 4.74 Å². The lowest BCUT2D eigenvalue weighted by atomic mass is 9.84. The zero-order valence-electron chi connectivity index (χ0n) is 12.7. The molecule has 3 rings (SSSR count). The standard InChI is InChI=1S/C19H20O2/c1-13(14-7-5-4-6-8-14)18(20)15-9-10-17-16(11-15)19(2,3)12-21-17/h4-11,13H,12H2,1-3H3. The molecule has 1 atom stereocenters. The molecule has 2 nitrogen and oxygen atoms in total. The summed E-state index contributed by atoms with van der Waals surface area (Å²) in [4.78, 5) is 12.7. The van der Waals surface area contributed by atoms with E-state index in [9.17, 15) is 4.79 Å². The molecule has 1 unspecified atom stereocenters. The minimum Gasteiger partial charge on any atom is -0.492 e. The van der Waals surface area contributed by atoms with Crippen LogP contribution in [0.15, 0.2) is 48.5 Å². The average Bonchev–Trinajstić information content (AvgIpc) is 2.82. The van der Waals surface area contributed by atoms with Gasteiger partial charge >= 0.3 is 0 Å². The number of Topliss-reactive ketones (excluding diaryl/α,β-unsaturated/α-hetero) is 1. The maximum Gasteiger partial charge on any atom is 0.170 e. The molecular weight excluding hydrogens is 260 g/mol. The lowest BCUT2D eigenvalue weighted by Gasteiger charge is -2.17. The molecule has 21 heavy (non-hydrogen) atoms. The lowest BCUT2D eigenvalue weighted by molar-refractivity contribution is 0.0966. The van der Waals surface area contributed by atoms with Crippen LogP contribution in [0, 0.1) is 0 Å². The fourth-order valence-corrected chi connectivity index (χ4v) is 2.82. The van der Waals surface area contributed by atoms with E-state index in [0.29, 0.717) is 6.61 Å². The van der Waals surface area contributed by atoms with Crippen molar-refractivity contribution in [2.24, 2.45) is 0 Å². The van der Waals surface area contributed by atoms with Gasteiger partial charge in [-0.25, -0.2) is 0 Å². The highest BCUT2D eigenvalue weighted by Gasteiger charge is 2.32. The molecule has 108 valence electrons. The van der Waals surface area contributed by atoms with Crippen LogP contribution in [0.3, 0.4) is 0 Å². The molecular formula is C19H20O2. The topological polar surface area (TPSA) is 26.3 Å². The van der Waals surface area contributed by atoms with Gasteiger partial charge in [-0.2, -0.15) is 0 Å². The van der Waals surface area contributed by atoms with Crippen molar-refractivity contribution in [3.63, 3.8) is 0 Å². The zero-order valence-corrected chi connectivity index (χ0v) is 12.7. The van der Waals surface area contributed by atoms with Crippen molar-refractivity contribution in [1.82, 2.24) is 0 Å². The Morgan fingerprint density at radius 2 is 1.86 bits per heavy atom. The number of hydrogen-bond donors (Lipinski definition) is 0. The summed E-state index contributed by atoms with van der Waals surface area (Å²) in [5, 5.41) is 0. The quantitative estimate of drug-likeness (QED) is 0.782. The van der Waals surface area contributed by atoms with Gasteiger partial charge in [0, 0.05) is 22.5 Å². The number of hydrogen-bond acceptors (Lipinski definition) is 2. The molecule has 1 aliphatic heterocycles. The van der Waals surface area contributed by atoms with Crippen molar-refractivity contribution < 1.29 is 9.53 Å². The van der Waals surface area contributed by atoms with E-state index in [1.54, 1.807) is 0 Å². The Kier molecular flexibility index (Phi) is 3.32. The lowest BCUT2D eigenvalue weighted by Crippen LogP contribution is -2.19. The number of ether oxygens (including phenoxy) is 1. The molecule has 0 radical (unpaired) electrons. The number of benzene rings is 2. The van der Waals surface area contributed by atoms with Gasteiger partial charge in [0.15, 0.2) is 5.78 Å². The second-order valence-electron chi connectivity index (χ2n) is 6.38. The molecule has 0 N–H and O–H groups in total. The maximum absolute atomic E-state index is 12.7. The van der Waals surface area contributed by atoms with E-state index in [-0.39, 0.29) is 17.1 Å². The molecule has 1 heterocycles. The summed E-state index contributed by atoms with van der Waals surface area (Å²) in [5.41, 5.74) is 2.93. The van der Waals surface area contributed by atoms with Crippen LogP contribution in [0.5, 0.6) is 5.75 Å². The van der Waals surface area contributed by atoms with E-state index in [1.807, 2.05) is 55.5 Å². The Labute approximate surface area is 125 Å². The molecule has 2 aromatic rings. The third kappa shape index (κ3) is 2.46. The summed E-state index contributed by atoms with van der Waals surface area (Å²) in [6.45, 7) is 6.93. The third-order valence-electron chi connectivity index (χ3n) is 4.27. The third-order valence-corrected chi connectivity index (χ3v) is 4.27. The normalized spacial score (nSPS) is 16.9. The maximum atomic E-state index is 12.7. The Hall–Kier alpha value is -2.09. The second kappa shape index (κ2) is 5.03. The van der Waals surface area contributed by atoms with E-state index in [1.165, 1.54) is 0 Å². The molecule has 0 aromatic heterocycles. The van der Waals surface area contributed by atoms with Crippen molar-refractivity contribution in [2.45, 2.75) is 32.1 Å². The van der Waals surface area contributed by atoms with E-state index in [2.05, 4.69) is 13.8 Å². The predicted octanol–water partition coefficient (Wildman–Crippen LogP) is 4.34. The van der Waals surface area contributed by atoms with E-state index in [0.717, 1.165) is 22.4 Å². The molecule has 2 heteroatoms. The summed E-state index contributed by atoms with van der Waals surface area (Å²) >= 11 is 0. The van der Waals surface area contributed by atoms with Crippen LogP contribution in [-0.4, -0.2) is 12.4 Å². The van der Waals surface area contributed by atoms with Gasteiger partial charge in [0.05, 0.1) is 6.61 Å². The average molecular weight is 280 g/mol. The Morgan fingerprint density at radius 1 is 1.14 bits per heavy atom. The summed E-state index contributed by atoms with van der Waals surface area (Å²) in [6.07, 6.45) is 0. The van der Waals surface area contributed by atoms with Crippen LogP contribution in [0.1, 0.15) is 48.2 Å². The highest BCUT2D eigenvalue weighted by molar-refractivity contribution is 6.01. The first-order chi connectivity index (χ1) is 9.99. The van der Waals surface area contributed by atoms with Crippen molar-refractivity contribution in [2.75, 3.05) is 6.61 Å². The minimum absolute atomic E-state index is 0.0262. The monoisotopic (exact) mass is 280 g/mol. The molecule has 0 bridgehead atoms. The molecule has 0 aliphatic carbocycles. The predicted molar refractivity (Wildman–Crippen MR) is 84.2 cm³/mol. The van der Waals surface area contributed by atoms with Crippen LogP contribution in [0.4, 0.5) is 0 Å². The van der Waals surface area contributed by atoms with Crippen molar-refractivity contribution in [1.29, 1.82) is 0 Å². The van der Waals surface area contributed by atoms with Gasteiger partial charge in [0.1, 0.15) is 5.75 Å². The first-order valence-electron chi connectivity index (χ1n) is 7.35. The highest BCUT2D eigenvalue weighted by Crippen LogP contribution is 2.39. The number of carbonyl (C=O) groups excluding carboxylic acids is 1. The van der Waals surface area contributed by atoms with Crippen LogP contribution in [0.2, 0.25) is 0 Å². The van der Waals surface area contributed by atoms with Crippen LogP contribution in [0.25, 0.3) is 0 Å². The highest BCUT2D eigenvalue weighted by atomic mass is 16.5. The van der Waals surface area contributed by atoms with Crippen molar-refractivity contribution in [3.05, 3.63) is 65.2 Å². The smallest absolute Gasteiger partial charge is 0.170 e. The Bertz CT molecular complexity index is 671. The van der Waals surface area contributed by atoms with Gasteiger partial charge in [-0.3, -0.25) is 4.79 Å². The van der Waals surface area contributed by atoms with Gasteiger partial charge in [-0.1, -0.05) is 51.1 Å². The van der Waals surface area contributed by atoms with E-state index >= 15 is 0 Å². The van der Waals surface area contributed by atoms with Gasteiger partial charge in [0.25, 0.3) is 0 Å². The molecule has 0 saturated carbocycles. The van der Waals surface area contributed by atoms with Crippen LogP contribution >= 0.6 is 0 Å². The second-order valence-corrected chi connectivity index (χ2v) is 6.38. The summed E-state index contributed by atoms with van der Waals surface area (Å²) in [7, 11) is 0. The zero-order chi connectivity index (χ0) is 15.0. The van der Waals surface area contributed by atoms with E-state index in [4.69, 9.17) is 4.74 Å². The van der Waals surface area contributed by atoms with Crippen molar-refractivity contribution in [3.8, 4) is 5.75 Å². The SMILES string of the molecule is CC(C(=O)c1ccc2c(c1)C(C)(C)CO2)c1ccccc1. The Morgan fingerprint density at radius 3 is 2.57 bits per heavy atom. The summed E-state index contributed by atoms with van der Waals surface area (Å²) in [6, 6.07) is 15.7. The fraction of sp³-hybridized carbons (Fsp3) is 0.316. The van der Waals surface area contributed by atoms with Gasteiger partial charge in [-0.15, -0.1) is 0 Å². The number of ketones is 1. The first-order valence-corrected chi connectivity index (χ1v) is 7.35. The van der Waals surface area contributed by atoms with Gasteiger partial charge in [0.2, 0.25) is 0 Å². The molecule has 0 fully saturated rings.